The van der Waals surface area contributed by atoms with Crippen LogP contribution in [-0.4, -0.2) is 46.5 Å². The van der Waals surface area contributed by atoms with E-state index in [1.54, 1.807) is 44.2 Å². The highest BCUT2D eigenvalue weighted by molar-refractivity contribution is 7.98. The van der Waals surface area contributed by atoms with Gasteiger partial charge in [0, 0.05) is 24.3 Å². The largest absolute Gasteiger partial charge is 0.507 e. The topological polar surface area (TPSA) is 98.5 Å². The number of aromatic hydroxyl groups is 1. The molecule has 1 heterocycles. The summed E-state index contributed by atoms with van der Waals surface area (Å²) in [5.74, 6) is 2.50. The molecule has 1 unspecified atom stereocenters. The van der Waals surface area contributed by atoms with Crippen molar-refractivity contribution < 1.29 is 19.4 Å². The van der Waals surface area contributed by atoms with Gasteiger partial charge in [-0.15, -0.1) is 10.2 Å². The summed E-state index contributed by atoms with van der Waals surface area (Å²) in [6.07, 6.45) is 1.18. The standard InChI is InChI=1S/C35H36N4O4S/c1-24-10-8-11-25(20-24)23-44-35-38-37-33(39(35)28-13-9-14-29(22-28)42-2)27(21-26-12-4-7-17-32(26)43-3)18-19-36-34(41)30-15-5-6-16-31(30)40/h4-17,20,22,27,40H,18-19,21,23H2,1-3H3,(H,36,41). The molecule has 0 spiro atoms. The van der Waals surface area contributed by atoms with Crippen molar-refractivity contribution in [3.8, 4) is 22.9 Å². The Balaban J connectivity index is 1.50. The molecule has 2 N–H and O–H groups in total. The predicted octanol–water partition coefficient (Wildman–Crippen LogP) is 6.74. The molecule has 1 aromatic heterocycles. The third kappa shape index (κ3) is 7.41. The molecule has 0 saturated carbocycles. The second kappa shape index (κ2) is 14.6. The Morgan fingerprint density at radius 1 is 0.932 bits per heavy atom. The predicted molar refractivity (Wildman–Crippen MR) is 173 cm³/mol. The smallest absolute Gasteiger partial charge is 0.255 e. The normalized spacial score (nSPS) is 11.6. The number of phenolic OH excluding ortho intramolecular Hbond substituents is 1. The molecule has 0 bridgehead atoms. The highest BCUT2D eigenvalue weighted by atomic mass is 32.2. The SMILES string of the molecule is COc1cccc(-n2c(SCc3cccc(C)c3)nnc2C(CCNC(=O)c2ccccc2O)Cc2ccccc2OC)c1. The number of nitrogens with one attached hydrogen (secondary N) is 1. The highest BCUT2D eigenvalue weighted by Crippen LogP contribution is 2.34. The quantitative estimate of drug-likeness (QED) is 0.143. The maximum Gasteiger partial charge on any atom is 0.255 e. The molecule has 8 nitrogen and oxygen atoms in total. The zero-order chi connectivity index (χ0) is 30.9. The monoisotopic (exact) mass is 608 g/mol. The summed E-state index contributed by atoms with van der Waals surface area (Å²) in [5, 5.41) is 23.3. The first-order chi connectivity index (χ1) is 21.5. The summed E-state index contributed by atoms with van der Waals surface area (Å²) in [6, 6.07) is 30.8. The minimum atomic E-state index is -0.331. The number of hydrogen-bond donors (Lipinski definition) is 2. The van der Waals surface area contributed by atoms with Gasteiger partial charge in [0.2, 0.25) is 0 Å². The van der Waals surface area contributed by atoms with E-state index in [4.69, 9.17) is 14.6 Å². The third-order valence-electron chi connectivity index (χ3n) is 7.37. The van der Waals surface area contributed by atoms with Crippen molar-refractivity contribution in [2.75, 3.05) is 20.8 Å². The van der Waals surface area contributed by atoms with E-state index in [2.05, 4.69) is 46.2 Å². The van der Waals surface area contributed by atoms with Gasteiger partial charge < -0.3 is 19.9 Å². The van der Waals surface area contributed by atoms with E-state index in [0.717, 1.165) is 39.5 Å². The lowest BCUT2D eigenvalue weighted by molar-refractivity contribution is 0.0949. The van der Waals surface area contributed by atoms with E-state index in [1.165, 1.54) is 17.2 Å². The van der Waals surface area contributed by atoms with E-state index in [1.807, 2.05) is 48.5 Å². The van der Waals surface area contributed by atoms with Crippen molar-refractivity contribution in [1.29, 1.82) is 0 Å². The van der Waals surface area contributed by atoms with E-state index in [-0.39, 0.29) is 23.1 Å². The number of nitrogens with zero attached hydrogens (tertiary/aromatic N) is 3. The molecule has 4 aromatic carbocycles. The third-order valence-corrected chi connectivity index (χ3v) is 8.37. The lowest BCUT2D eigenvalue weighted by Gasteiger charge is -2.20. The summed E-state index contributed by atoms with van der Waals surface area (Å²) >= 11 is 1.62. The molecule has 1 amide bonds. The zero-order valence-corrected chi connectivity index (χ0v) is 25.9. The van der Waals surface area contributed by atoms with Gasteiger partial charge in [-0.25, -0.2) is 0 Å². The van der Waals surface area contributed by atoms with Gasteiger partial charge in [0.15, 0.2) is 5.16 Å². The molecule has 0 aliphatic rings. The van der Waals surface area contributed by atoms with Crippen LogP contribution in [0.1, 0.15) is 45.2 Å². The number of thioether (sulfide) groups is 1. The molecule has 0 radical (unpaired) electrons. The molecular weight excluding hydrogens is 572 g/mol. The van der Waals surface area contributed by atoms with Crippen LogP contribution in [0.4, 0.5) is 0 Å². The number of aromatic nitrogens is 3. The van der Waals surface area contributed by atoms with Crippen molar-refractivity contribution in [2.45, 2.75) is 36.6 Å². The number of aryl methyl sites for hydroxylation is 1. The fourth-order valence-electron chi connectivity index (χ4n) is 5.16. The van der Waals surface area contributed by atoms with Crippen LogP contribution in [0.25, 0.3) is 5.69 Å². The van der Waals surface area contributed by atoms with Crippen molar-refractivity contribution >= 4 is 17.7 Å². The zero-order valence-electron chi connectivity index (χ0n) is 25.1. The van der Waals surface area contributed by atoms with Crippen molar-refractivity contribution in [2.24, 2.45) is 0 Å². The van der Waals surface area contributed by atoms with Gasteiger partial charge in [-0.2, -0.15) is 0 Å². The molecule has 0 fully saturated rings. The van der Waals surface area contributed by atoms with Gasteiger partial charge in [0.25, 0.3) is 5.91 Å². The number of rotatable bonds is 13. The molecule has 1 atom stereocenters. The van der Waals surface area contributed by atoms with Gasteiger partial charge in [-0.3, -0.25) is 9.36 Å². The number of para-hydroxylation sites is 2. The Kier molecular flexibility index (Phi) is 10.2. The molecule has 44 heavy (non-hydrogen) atoms. The van der Waals surface area contributed by atoms with Gasteiger partial charge in [-0.1, -0.05) is 78.0 Å². The van der Waals surface area contributed by atoms with E-state index in [0.29, 0.717) is 19.4 Å². The van der Waals surface area contributed by atoms with E-state index in [9.17, 15) is 9.90 Å². The van der Waals surface area contributed by atoms with Gasteiger partial charge >= 0.3 is 0 Å². The van der Waals surface area contributed by atoms with Gasteiger partial charge in [-0.05, 0) is 61.2 Å². The van der Waals surface area contributed by atoms with Gasteiger partial charge in [0.05, 0.1) is 25.5 Å². The number of benzene rings is 4. The van der Waals surface area contributed by atoms with E-state index >= 15 is 0 Å². The number of methoxy groups -OCH3 is 2. The number of ether oxygens (including phenoxy) is 2. The van der Waals surface area contributed by atoms with Crippen LogP contribution in [0, 0.1) is 6.92 Å². The van der Waals surface area contributed by atoms with Crippen LogP contribution >= 0.6 is 11.8 Å². The lowest BCUT2D eigenvalue weighted by Crippen LogP contribution is -2.26. The Morgan fingerprint density at radius 3 is 2.52 bits per heavy atom. The molecule has 9 heteroatoms. The maximum absolute atomic E-state index is 12.9. The van der Waals surface area contributed by atoms with Crippen molar-refractivity contribution in [3.05, 3.63) is 125 Å². The van der Waals surface area contributed by atoms with Crippen LogP contribution in [-0.2, 0) is 12.2 Å². The highest BCUT2D eigenvalue weighted by Gasteiger charge is 2.25. The number of hydrogen-bond acceptors (Lipinski definition) is 7. The second-order valence-corrected chi connectivity index (χ2v) is 11.4. The Morgan fingerprint density at radius 2 is 1.73 bits per heavy atom. The first-order valence-electron chi connectivity index (χ1n) is 14.4. The molecule has 5 rings (SSSR count). The average Bonchev–Trinajstić information content (AvgIpc) is 3.47. The maximum atomic E-state index is 12.9. The number of carbonyl (C=O) groups is 1. The van der Waals surface area contributed by atoms with Crippen LogP contribution < -0.4 is 14.8 Å². The summed E-state index contributed by atoms with van der Waals surface area (Å²) < 4.78 is 13.3. The van der Waals surface area contributed by atoms with Crippen molar-refractivity contribution in [1.82, 2.24) is 20.1 Å². The fourth-order valence-corrected chi connectivity index (χ4v) is 6.06. The molecule has 0 aliphatic carbocycles. The minimum Gasteiger partial charge on any atom is -0.507 e. The van der Waals surface area contributed by atoms with Crippen LogP contribution in [0.15, 0.2) is 102 Å². The first kappa shape index (κ1) is 30.7. The molecule has 5 aromatic rings. The first-order valence-corrected chi connectivity index (χ1v) is 15.4. The van der Waals surface area contributed by atoms with Crippen LogP contribution in [0.2, 0.25) is 0 Å². The van der Waals surface area contributed by atoms with Crippen molar-refractivity contribution in [3.63, 3.8) is 0 Å². The van der Waals surface area contributed by atoms with Crippen LogP contribution in [0.3, 0.4) is 0 Å². The number of amides is 1. The van der Waals surface area contributed by atoms with Crippen LogP contribution in [0.5, 0.6) is 17.2 Å². The minimum absolute atomic E-state index is 0.0522. The second-order valence-electron chi connectivity index (χ2n) is 10.4. The molecule has 226 valence electrons. The number of carbonyl (C=O) groups excluding carboxylic acids is 1. The Bertz CT molecular complexity index is 1720. The summed E-state index contributed by atoms with van der Waals surface area (Å²) in [7, 11) is 3.32. The molecule has 0 aliphatic heterocycles. The fraction of sp³-hybridized carbons (Fsp3) is 0.229. The average molecular weight is 609 g/mol. The van der Waals surface area contributed by atoms with E-state index < -0.39 is 0 Å². The molecule has 0 saturated heterocycles. The summed E-state index contributed by atoms with van der Waals surface area (Å²) in [4.78, 5) is 12.9. The van der Waals surface area contributed by atoms with Gasteiger partial charge in [0.1, 0.15) is 23.1 Å². The lowest BCUT2D eigenvalue weighted by atomic mass is 9.94. The number of phenols is 1. The Labute approximate surface area is 262 Å². The Hall–Kier alpha value is -4.76. The molecular formula is C35H36N4O4S. The summed E-state index contributed by atoms with van der Waals surface area (Å²) in [6.45, 7) is 2.45. The summed E-state index contributed by atoms with van der Waals surface area (Å²) in [5.41, 5.74) is 4.57.